The number of aliphatic hydroxyl groups is 1. The summed E-state index contributed by atoms with van der Waals surface area (Å²) in [6, 6.07) is -0.732. The minimum absolute atomic E-state index is 0.0101. The molecule has 3 N–H and O–H groups in total. The van der Waals surface area contributed by atoms with Crippen LogP contribution in [0.5, 0.6) is 0 Å². The molecule has 1 aromatic heterocycles. The van der Waals surface area contributed by atoms with Crippen LogP contribution in [0.1, 0.15) is 30.9 Å². The maximum Gasteiger partial charge on any atom is 0.245 e. The van der Waals surface area contributed by atoms with Gasteiger partial charge in [-0.2, -0.15) is 0 Å². The first-order valence-electron chi connectivity index (χ1n) is 6.71. The molecule has 0 bridgehead atoms. The highest BCUT2D eigenvalue weighted by molar-refractivity contribution is 5.87. The van der Waals surface area contributed by atoms with E-state index in [9.17, 15) is 14.7 Å². The Kier molecular flexibility index (Phi) is 3.17. The van der Waals surface area contributed by atoms with Crippen LogP contribution in [0.4, 0.5) is 0 Å². The van der Waals surface area contributed by atoms with Crippen molar-refractivity contribution in [1.82, 2.24) is 19.9 Å². The summed E-state index contributed by atoms with van der Waals surface area (Å²) >= 11 is 0. The molecular formula is C12H17N5O3. The van der Waals surface area contributed by atoms with Gasteiger partial charge in [-0.25, -0.2) is 4.68 Å². The number of likely N-dealkylation sites (tertiary alicyclic amines) is 1. The van der Waals surface area contributed by atoms with E-state index in [2.05, 4.69) is 10.3 Å². The first-order valence-corrected chi connectivity index (χ1v) is 6.71. The zero-order chi connectivity index (χ0) is 14.3. The molecule has 2 amide bonds. The SMILES string of the molecule is NC(=O)C1CC(O)CN1C(=O)Cn1cc(C2CC2)nn1. The number of aromatic nitrogens is 3. The van der Waals surface area contributed by atoms with Gasteiger partial charge >= 0.3 is 0 Å². The Bertz CT molecular complexity index is 539. The van der Waals surface area contributed by atoms with Crippen LogP contribution in [0, 0.1) is 0 Å². The number of hydrogen-bond donors (Lipinski definition) is 2. The summed E-state index contributed by atoms with van der Waals surface area (Å²) in [6.07, 6.45) is 3.51. The van der Waals surface area contributed by atoms with Crippen molar-refractivity contribution in [3.8, 4) is 0 Å². The Labute approximate surface area is 115 Å². The molecule has 20 heavy (non-hydrogen) atoms. The summed E-state index contributed by atoms with van der Waals surface area (Å²) in [4.78, 5) is 24.8. The average molecular weight is 279 g/mol. The van der Waals surface area contributed by atoms with E-state index < -0.39 is 18.1 Å². The van der Waals surface area contributed by atoms with E-state index in [1.165, 1.54) is 9.58 Å². The Morgan fingerprint density at radius 2 is 2.20 bits per heavy atom. The van der Waals surface area contributed by atoms with Gasteiger partial charge in [0.25, 0.3) is 0 Å². The van der Waals surface area contributed by atoms with Gasteiger partial charge in [-0.3, -0.25) is 9.59 Å². The van der Waals surface area contributed by atoms with E-state index in [-0.39, 0.29) is 25.4 Å². The number of nitrogens with two attached hydrogens (primary N) is 1. The first kappa shape index (κ1) is 13.0. The zero-order valence-electron chi connectivity index (χ0n) is 11.0. The monoisotopic (exact) mass is 279 g/mol. The van der Waals surface area contributed by atoms with E-state index in [0.717, 1.165) is 18.5 Å². The lowest BCUT2D eigenvalue weighted by molar-refractivity contribution is -0.138. The molecule has 2 heterocycles. The van der Waals surface area contributed by atoms with Gasteiger partial charge < -0.3 is 15.7 Å². The van der Waals surface area contributed by atoms with Crippen molar-refractivity contribution >= 4 is 11.8 Å². The van der Waals surface area contributed by atoms with E-state index in [1.54, 1.807) is 6.20 Å². The summed E-state index contributed by atoms with van der Waals surface area (Å²) in [7, 11) is 0. The molecule has 0 aromatic carbocycles. The summed E-state index contributed by atoms with van der Waals surface area (Å²) in [5.41, 5.74) is 6.16. The van der Waals surface area contributed by atoms with Gasteiger partial charge in [-0.15, -0.1) is 5.10 Å². The summed E-state index contributed by atoms with van der Waals surface area (Å²) in [6.45, 7) is 0.146. The summed E-state index contributed by atoms with van der Waals surface area (Å²) in [5.74, 6) is -0.393. The third-order valence-corrected chi connectivity index (χ3v) is 3.78. The zero-order valence-corrected chi connectivity index (χ0v) is 11.0. The van der Waals surface area contributed by atoms with Crippen LogP contribution in [0.3, 0.4) is 0 Å². The fourth-order valence-electron chi connectivity index (χ4n) is 2.55. The highest BCUT2D eigenvalue weighted by Gasteiger charge is 2.37. The molecule has 0 spiro atoms. The van der Waals surface area contributed by atoms with Gasteiger partial charge in [-0.1, -0.05) is 5.21 Å². The summed E-state index contributed by atoms with van der Waals surface area (Å²) < 4.78 is 1.47. The fourth-order valence-corrected chi connectivity index (χ4v) is 2.55. The van der Waals surface area contributed by atoms with Crippen LogP contribution in [0.2, 0.25) is 0 Å². The molecule has 2 aliphatic rings. The van der Waals surface area contributed by atoms with Crippen molar-refractivity contribution in [2.24, 2.45) is 5.73 Å². The third kappa shape index (κ3) is 2.51. The molecule has 2 atom stereocenters. The molecular weight excluding hydrogens is 262 g/mol. The third-order valence-electron chi connectivity index (χ3n) is 3.78. The van der Waals surface area contributed by atoms with Crippen molar-refractivity contribution < 1.29 is 14.7 Å². The Morgan fingerprint density at radius 3 is 2.85 bits per heavy atom. The second-order valence-corrected chi connectivity index (χ2v) is 5.47. The van der Waals surface area contributed by atoms with Crippen LogP contribution in [-0.4, -0.2) is 55.5 Å². The molecule has 1 saturated carbocycles. The molecule has 1 aliphatic carbocycles. The highest BCUT2D eigenvalue weighted by Crippen LogP contribution is 2.38. The Hall–Kier alpha value is -1.96. The van der Waals surface area contributed by atoms with Crippen LogP contribution in [0.25, 0.3) is 0 Å². The average Bonchev–Trinajstić information content (AvgIpc) is 3.01. The number of primary amides is 1. The molecule has 2 unspecified atom stereocenters. The smallest absolute Gasteiger partial charge is 0.245 e. The molecule has 108 valence electrons. The lowest BCUT2D eigenvalue weighted by Gasteiger charge is -2.21. The molecule has 8 heteroatoms. The van der Waals surface area contributed by atoms with Gasteiger partial charge in [0.1, 0.15) is 12.6 Å². The number of carbonyl (C=O) groups is 2. The number of amides is 2. The van der Waals surface area contributed by atoms with E-state index >= 15 is 0 Å². The van der Waals surface area contributed by atoms with Crippen LogP contribution in [0.15, 0.2) is 6.20 Å². The van der Waals surface area contributed by atoms with E-state index in [4.69, 9.17) is 5.73 Å². The fraction of sp³-hybridized carbons (Fsp3) is 0.667. The normalized spacial score (nSPS) is 25.9. The summed E-state index contributed by atoms with van der Waals surface area (Å²) in [5, 5.41) is 17.5. The van der Waals surface area contributed by atoms with Crippen molar-refractivity contribution in [2.45, 2.75) is 43.9 Å². The number of carbonyl (C=O) groups excluding carboxylic acids is 2. The minimum Gasteiger partial charge on any atom is -0.391 e. The minimum atomic E-state index is -0.732. The standard InChI is InChI=1S/C12H17N5O3/c13-12(20)10-3-8(18)4-17(10)11(19)6-16-5-9(14-15-16)7-1-2-7/h5,7-8,10,18H,1-4,6H2,(H2,13,20). The topological polar surface area (TPSA) is 114 Å². The van der Waals surface area contributed by atoms with Crippen molar-refractivity contribution in [2.75, 3.05) is 6.54 Å². The van der Waals surface area contributed by atoms with Gasteiger partial charge in [0.2, 0.25) is 11.8 Å². The molecule has 3 rings (SSSR count). The maximum absolute atomic E-state index is 12.2. The quantitative estimate of drug-likeness (QED) is 0.703. The van der Waals surface area contributed by atoms with Crippen molar-refractivity contribution in [3.63, 3.8) is 0 Å². The number of nitrogens with zero attached hydrogens (tertiary/aromatic N) is 4. The lowest BCUT2D eigenvalue weighted by Crippen LogP contribution is -2.45. The second-order valence-electron chi connectivity index (χ2n) is 5.47. The molecule has 1 aromatic rings. The second kappa shape index (κ2) is 4.86. The molecule has 8 nitrogen and oxygen atoms in total. The highest BCUT2D eigenvalue weighted by atomic mass is 16.3. The van der Waals surface area contributed by atoms with Crippen molar-refractivity contribution in [1.29, 1.82) is 0 Å². The molecule has 2 fully saturated rings. The van der Waals surface area contributed by atoms with Crippen molar-refractivity contribution in [3.05, 3.63) is 11.9 Å². The maximum atomic E-state index is 12.2. The van der Waals surface area contributed by atoms with Gasteiger partial charge in [0.15, 0.2) is 0 Å². The van der Waals surface area contributed by atoms with Crippen LogP contribution >= 0.6 is 0 Å². The molecule has 0 radical (unpaired) electrons. The predicted octanol–water partition coefficient (Wildman–Crippen LogP) is -1.40. The molecule has 1 aliphatic heterocycles. The van der Waals surface area contributed by atoms with E-state index in [1.807, 2.05) is 0 Å². The number of β-amino-alcohol motifs (C(OH)–C–C–N with tert-alkyl or cyclic N) is 1. The number of rotatable bonds is 4. The Morgan fingerprint density at radius 1 is 1.45 bits per heavy atom. The first-order chi connectivity index (χ1) is 9.54. The lowest BCUT2D eigenvalue weighted by atomic mass is 10.2. The van der Waals surface area contributed by atoms with Gasteiger partial charge in [0.05, 0.1) is 11.8 Å². The molecule has 1 saturated heterocycles. The largest absolute Gasteiger partial charge is 0.391 e. The van der Waals surface area contributed by atoms with Gasteiger partial charge in [-0.05, 0) is 12.8 Å². The predicted molar refractivity (Wildman–Crippen MR) is 67.3 cm³/mol. The number of hydrogen-bond acceptors (Lipinski definition) is 5. The Balaban J connectivity index is 1.66. The van der Waals surface area contributed by atoms with Gasteiger partial charge in [0, 0.05) is 25.1 Å². The van der Waals surface area contributed by atoms with Crippen LogP contribution < -0.4 is 5.73 Å². The van der Waals surface area contributed by atoms with E-state index in [0.29, 0.717) is 5.92 Å². The number of aliphatic hydroxyl groups excluding tert-OH is 1. The van der Waals surface area contributed by atoms with Crippen LogP contribution in [-0.2, 0) is 16.1 Å².